The minimum atomic E-state index is -3.71. The SMILES string of the molecule is CC(=O)c1cccc(S(=O)(=O)NCCC(O)c2cccn2C)c1. The number of nitrogens with zero attached hydrogens (tertiary/aromatic N) is 1. The summed E-state index contributed by atoms with van der Waals surface area (Å²) in [4.78, 5) is 11.4. The number of carbonyl (C=O) groups is 1. The molecule has 0 saturated carbocycles. The number of aromatic nitrogens is 1. The van der Waals surface area contributed by atoms with Gasteiger partial charge in [-0.15, -0.1) is 0 Å². The van der Waals surface area contributed by atoms with Gasteiger partial charge in [-0.3, -0.25) is 4.79 Å². The molecule has 0 fully saturated rings. The van der Waals surface area contributed by atoms with E-state index in [1.807, 2.05) is 19.3 Å². The smallest absolute Gasteiger partial charge is 0.240 e. The predicted molar refractivity (Wildman–Crippen MR) is 86.6 cm³/mol. The Morgan fingerprint density at radius 1 is 1.30 bits per heavy atom. The van der Waals surface area contributed by atoms with Gasteiger partial charge < -0.3 is 9.67 Å². The number of ketones is 1. The van der Waals surface area contributed by atoms with Crippen molar-refractivity contribution in [2.24, 2.45) is 7.05 Å². The first-order valence-electron chi connectivity index (χ1n) is 7.21. The monoisotopic (exact) mass is 336 g/mol. The highest BCUT2D eigenvalue weighted by molar-refractivity contribution is 7.89. The first-order valence-corrected chi connectivity index (χ1v) is 8.69. The van der Waals surface area contributed by atoms with Crippen LogP contribution in [-0.2, 0) is 17.1 Å². The molecule has 1 aromatic heterocycles. The predicted octanol–water partition coefficient (Wildman–Crippen LogP) is 1.63. The number of aliphatic hydroxyl groups excluding tert-OH is 1. The second-order valence-electron chi connectivity index (χ2n) is 5.33. The van der Waals surface area contributed by atoms with E-state index in [2.05, 4.69) is 4.72 Å². The van der Waals surface area contributed by atoms with Crippen LogP contribution in [0.3, 0.4) is 0 Å². The highest BCUT2D eigenvalue weighted by Crippen LogP contribution is 2.17. The zero-order valence-corrected chi connectivity index (χ0v) is 13.9. The third kappa shape index (κ3) is 4.28. The lowest BCUT2D eigenvalue weighted by molar-refractivity contribution is 0.101. The summed E-state index contributed by atoms with van der Waals surface area (Å²) in [5, 5.41) is 10.1. The fourth-order valence-electron chi connectivity index (χ4n) is 2.26. The van der Waals surface area contributed by atoms with Crippen molar-refractivity contribution < 1.29 is 18.3 Å². The van der Waals surface area contributed by atoms with E-state index in [-0.39, 0.29) is 23.6 Å². The summed E-state index contributed by atoms with van der Waals surface area (Å²) in [6.07, 6.45) is 1.32. The fourth-order valence-corrected chi connectivity index (χ4v) is 3.36. The van der Waals surface area contributed by atoms with Crippen molar-refractivity contribution in [2.75, 3.05) is 6.54 Å². The largest absolute Gasteiger partial charge is 0.387 e. The van der Waals surface area contributed by atoms with Crippen LogP contribution in [0.5, 0.6) is 0 Å². The van der Waals surface area contributed by atoms with Gasteiger partial charge in [-0.25, -0.2) is 13.1 Å². The molecule has 1 heterocycles. The van der Waals surface area contributed by atoms with Crippen LogP contribution in [-0.4, -0.2) is 30.4 Å². The number of rotatable bonds is 7. The molecule has 2 rings (SSSR count). The van der Waals surface area contributed by atoms with E-state index in [0.29, 0.717) is 5.56 Å². The number of nitrogens with one attached hydrogen (secondary N) is 1. The molecule has 2 aromatic rings. The lowest BCUT2D eigenvalue weighted by atomic mass is 10.2. The number of aliphatic hydroxyl groups is 1. The molecule has 0 aliphatic heterocycles. The maximum atomic E-state index is 12.2. The summed E-state index contributed by atoms with van der Waals surface area (Å²) < 4.78 is 28.7. The number of hydrogen-bond donors (Lipinski definition) is 2. The Hall–Kier alpha value is -1.96. The molecule has 0 aliphatic rings. The molecule has 1 atom stereocenters. The van der Waals surface area contributed by atoms with Crippen molar-refractivity contribution >= 4 is 15.8 Å². The standard InChI is InChI=1S/C16H20N2O4S/c1-12(19)13-5-3-6-14(11-13)23(21,22)17-9-8-16(20)15-7-4-10-18(15)2/h3-7,10-11,16-17,20H,8-9H2,1-2H3. The Morgan fingerprint density at radius 2 is 2.04 bits per heavy atom. The van der Waals surface area contributed by atoms with Crippen LogP contribution in [0.2, 0.25) is 0 Å². The highest BCUT2D eigenvalue weighted by atomic mass is 32.2. The maximum absolute atomic E-state index is 12.2. The average molecular weight is 336 g/mol. The Labute approximate surface area is 135 Å². The van der Waals surface area contributed by atoms with Gasteiger partial charge in [0.15, 0.2) is 5.78 Å². The van der Waals surface area contributed by atoms with Crippen LogP contribution in [0.15, 0.2) is 47.5 Å². The van der Waals surface area contributed by atoms with Crippen LogP contribution in [0.25, 0.3) is 0 Å². The van der Waals surface area contributed by atoms with Crippen molar-refractivity contribution in [3.8, 4) is 0 Å². The molecule has 6 nitrogen and oxygen atoms in total. The maximum Gasteiger partial charge on any atom is 0.240 e. The minimum absolute atomic E-state index is 0.0403. The third-order valence-corrected chi connectivity index (χ3v) is 5.04. The molecule has 124 valence electrons. The summed E-state index contributed by atoms with van der Waals surface area (Å²) in [5.74, 6) is -0.193. The van der Waals surface area contributed by atoms with Gasteiger partial charge in [-0.1, -0.05) is 12.1 Å². The molecule has 0 aliphatic carbocycles. The average Bonchev–Trinajstić information content (AvgIpc) is 2.93. The lowest BCUT2D eigenvalue weighted by Crippen LogP contribution is -2.26. The number of carbonyl (C=O) groups excluding carboxylic acids is 1. The normalized spacial score (nSPS) is 13.0. The van der Waals surface area contributed by atoms with Crippen LogP contribution in [0.4, 0.5) is 0 Å². The molecule has 0 amide bonds. The molecule has 0 saturated heterocycles. The summed E-state index contributed by atoms with van der Waals surface area (Å²) in [6, 6.07) is 9.48. The van der Waals surface area contributed by atoms with E-state index >= 15 is 0 Å². The van der Waals surface area contributed by atoms with Gasteiger partial charge in [0.05, 0.1) is 11.0 Å². The molecule has 2 N–H and O–H groups in total. The van der Waals surface area contributed by atoms with Crippen molar-refractivity contribution in [3.63, 3.8) is 0 Å². The number of hydrogen-bond acceptors (Lipinski definition) is 4. The van der Waals surface area contributed by atoms with Crippen LogP contribution >= 0.6 is 0 Å². The number of Topliss-reactive ketones (excluding diaryl/α,β-unsaturated/α-hetero) is 1. The molecule has 1 aromatic carbocycles. The Kier molecular flexibility index (Phi) is 5.35. The molecule has 7 heteroatoms. The van der Waals surface area contributed by atoms with E-state index in [4.69, 9.17) is 0 Å². The lowest BCUT2D eigenvalue weighted by Gasteiger charge is -2.13. The van der Waals surface area contributed by atoms with E-state index in [1.165, 1.54) is 25.1 Å². The molecule has 23 heavy (non-hydrogen) atoms. The summed E-state index contributed by atoms with van der Waals surface area (Å²) in [5.41, 5.74) is 1.07. The van der Waals surface area contributed by atoms with Crippen LogP contribution in [0, 0.1) is 0 Å². The van der Waals surface area contributed by atoms with Crippen LogP contribution in [0.1, 0.15) is 35.5 Å². The molecule has 0 spiro atoms. The first kappa shape index (κ1) is 17.4. The quantitative estimate of drug-likeness (QED) is 0.752. The molecule has 0 radical (unpaired) electrons. The van der Waals surface area contributed by atoms with Crippen molar-refractivity contribution in [3.05, 3.63) is 53.9 Å². The van der Waals surface area contributed by atoms with Gasteiger partial charge in [0, 0.05) is 31.0 Å². The van der Waals surface area contributed by atoms with Crippen molar-refractivity contribution in [2.45, 2.75) is 24.3 Å². The van der Waals surface area contributed by atoms with Gasteiger partial charge in [-0.2, -0.15) is 0 Å². The third-order valence-electron chi connectivity index (χ3n) is 3.59. The second kappa shape index (κ2) is 7.08. The highest BCUT2D eigenvalue weighted by Gasteiger charge is 2.17. The Bertz CT molecular complexity index is 796. The first-order chi connectivity index (χ1) is 10.8. The van der Waals surface area contributed by atoms with Crippen molar-refractivity contribution in [1.29, 1.82) is 0 Å². The van der Waals surface area contributed by atoms with Crippen molar-refractivity contribution in [1.82, 2.24) is 9.29 Å². The summed E-state index contributed by atoms with van der Waals surface area (Å²) in [6.45, 7) is 1.48. The fraction of sp³-hybridized carbons (Fsp3) is 0.312. The number of benzene rings is 1. The summed E-state index contributed by atoms with van der Waals surface area (Å²) >= 11 is 0. The van der Waals surface area contributed by atoms with Crippen LogP contribution < -0.4 is 4.72 Å². The van der Waals surface area contributed by atoms with E-state index in [9.17, 15) is 18.3 Å². The van der Waals surface area contributed by atoms with E-state index in [0.717, 1.165) is 5.69 Å². The van der Waals surface area contributed by atoms with E-state index in [1.54, 1.807) is 16.7 Å². The second-order valence-corrected chi connectivity index (χ2v) is 7.10. The van der Waals surface area contributed by atoms with Gasteiger partial charge in [0.1, 0.15) is 0 Å². The summed E-state index contributed by atoms with van der Waals surface area (Å²) in [7, 11) is -1.90. The van der Waals surface area contributed by atoms with Gasteiger partial charge in [0.25, 0.3) is 0 Å². The molecule has 0 bridgehead atoms. The Morgan fingerprint density at radius 3 is 2.65 bits per heavy atom. The van der Waals surface area contributed by atoms with Gasteiger partial charge in [-0.05, 0) is 37.6 Å². The van der Waals surface area contributed by atoms with E-state index < -0.39 is 16.1 Å². The van der Waals surface area contributed by atoms with Gasteiger partial charge in [0.2, 0.25) is 10.0 Å². The number of sulfonamides is 1. The molecular formula is C16H20N2O4S. The number of aryl methyl sites for hydroxylation is 1. The Balaban J connectivity index is 2.00. The van der Waals surface area contributed by atoms with Gasteiger partial charge >= 0.3 is 0 Å². The minimum Gasteiger partial charge on any atom is -0.387 e. The molecule has 1 unspecified atom stereocenters. The topological polar surface area (TPSA) is 88.4 Å². The zero-order valence-electron chi connectivity index (χ0n) is 13.1. The zero-order chi connectivity index (χ0) is 17.0. The molecular weight excluding hydrogens is 316 g/mol.